The van der Waals surface area contributed by atoms with E-state index in [1.54, 1.807) is 0 Å². The summed E-state index contributed by atoms with van der Waals surface area (Å²) in [6, 6.07) is 0. The Morgan fingerprint density at radius 1 is 0.905 bits per heavy atom. The van der Waals surface area contributed by atoms with Crippen molar-refractivity contribution in [3.8, 4) is 0 Å². The van der Waals surface area contributed by atoms with Gasteiger partial charge >= 0.3 is 0 Å². The van der Waals surface area contributed by atoms with Crippen LogP contribution in [-0.2, 0) is 8.85 Å². The normalized spacial score (nSPS) is 15.9. The third-order valence-electron chi connectivity index (χ3n) is 5.13. The zero-order chi connectivity index (χ0) is 17.1. The summed E-state index contributed by atoms with van der Waals surface area (Å²) in [5, 5.41) is 0.464. The zero-order valence-corrected chi connectivity index (χ0v) is 18.1. The highest BCUT2D eigenvalue weighted by Crippen LogP contribution is 2.39. The summed E-state index contributed by atoms with van der Waals surface area (Å²) in [6.07, 6.45) is 2.95. The summed E-state index contributed by atoms with van der Waals surface area (Å²) < 4.78 is 12.9. The molecule has 126 valence electrons. The molecule has 0 saturated heterocycles. The Hall–Kier alpha value is 0.0938. The first kappa shape index (κ1) is 21.1. The molecule has 0 aromatic carbocycles. The molecular weight excluding hydrogens is 292 g/mol. The quantitative estimate of drug-likeness (QED) is 0.422. The van der Waals surface area contributed by atoms with Crippen LogP contribution in [0.4, 0.5) is 0 Å². The van der Waals surface area contributed by atoms with Crippen LogP contribution in [0.1, 0.15) is 48.0 Å². The van der Waals surface area contributed by atoms with Crippen LogP contribution in [-0.4, -0.2) is 29.3 Å². The lowest BCUT2D eigenvalue weighted by molar-refractivity contribution is 0.109. The van der Waals surface area contributed by atoms with Gasteiger partial charge in [0.1, 0.15) is 0 Å². The van der Waals surface area contributed by atoms with E-state index < -0.39 is 16.6 Å². The molecule has 0 aromatic rings. The van der Waals surface area contributed by atoms with E-state index in [-0.39, 0.29) is 16.2 Å². The van der Waals surface area contributed by atoms with Gasteiger partial charge in [0.2, 0.25) is 0 Å². The van der Waals surface area contributed by atoms with Crippen LogP contribution < -0.4 is 0 Å². The second-order valence-electron chi connectivity index (χ2n) is 9.10. The lowest BCUT2D eigenvalue weighted by atomic mass is 10.2. The lowest BCUT2D eigenvalue weighted by Gasteiger charge is -2.41. The van der Waals surface area contributed by atoms with Crippen molar-refractivity contribution in [3.05, 3.63) is 12.7 Å². The molecule has 2 nitrogen and oxygen atoms in total. The highest BCUT2D eigenvalue weighted by molar-refractivity contribution is 6.74. The molecule has 0 bridgehead atoms. The minimum Gasteiger partial charge on any atom is -0.414 e. The van der Waals surface area contributed by atoms with Gasteiger partial charge in [0.25, 0.3) is 0 Å². The van der Waals surface area contributed by atoms with Crippen LogP contribution in [0.2, 0.25) is 36.3 Å². The summed E-state index contributed by atoms with van der Waals surface area (Å²) in [4.78, 5) is 0. The molecule has 0 spiro atoms. The van der Waals surface area contributed by atoms with Crippen LogP contribution in [0.25, 0.3) is 0 Å². The van der Waals surface area contributed by atoms with Gasteiger partial charge in [0.15, 0.2) is 16.6 Å². The molecule has 0 amide bonds. The fraction of sp³-hybridized carbons (Fsp3) is 0.882. The van der Waals surface area contributed by atoms with Gasteiger partial charge in [-0.25, -0.2) is 0 Å². The standard InChI is InChI=1S/C17H38O2Si2/c1-12-13-15(19-21(10,11)17(5,6)7)14-18-20(8,9)16(2,3)4/h12,15H,1,13-14H2,2-11H3. The highest BCUT2D eigenvalue weighted by atomic mass is 28.4. The summed E-state index contributed by atoms with van der Waals surface area (Å²) in [5.41, 5.74) is 0. The summed E-state index contributed by atoms with van der Waals surface area (Å²) in [6.45, 7) is 27.4. The first-order chi connectivity index (χ1) is 9.14. The Bertz CT molecular complexity index is 336. The molecule has 0 aliphatic carbocycles. The first-order valence-electron chi connectivity index (χ1n) is 8.07. The molecule has 1 unspecified atom stereocenters. The smallest absolute Gasteiger partial charge is 0.192 e. The van der Waals surface area contributed by atoms with E-state index in [9.17, 15) is 0 Å². The molecule has 0 aromatic heterocycles. The summed E-state index contributed by atoms with van der Waals surface area (Å²) in [7, 11) is -3.48. The maximum absolute atomic E-state index is 6.52. The molecule has 0 saturated carbocycles. The minimum atomic E-state index is -1.76. The van der Waals surface area contributed by atoms with Crippen LogP contribution in [0.15, 0.2) is 12.7 Å². The molecule has 0 heterocycles. The van der Waals surface area contributed by atoms with E-state index in [0.29, 0.717) is 6.61 Å². The molecule has 0 fully saturated rings. The van der Waals surface area contributed by atoms with Crippen molar-refractivity contribution in [1.29, 1.82) is 0 Å². The lowest BCUT2D eigenvalue weighted by Crippen LogP contribution is -2.47. The average molecular weight is 331 g/mol. The second-order valence-corrected chi connectivity index (χ2v) is 18.7. The SMILES string of the molecule is C=CCC(CO[Si](C)(C)C(C)(C)C)O[Si](C)(C)C(C)(C)C. The molecule has 0 rings (SSSR count). The fourth-order valence-electron chi connectivity index (χ4n) is 1.45. The van der Waals surface area contributed by atoms with E-state index in [1.807, 2.05) is 6.08 Å². The Labute approximate surface area is 135 Å². The van der Waals surface area contributed by atoms with Crippen molar-refractivity contribution >= 4 is 16.6 Å². The maximum Gasteiger partial charge on any atom is 0.192 e. The van der Waals surface area contributed by atoms with Crippen molar-refractivity contribution < 1.29 is 8.85 Å². The van der Waals surface area contributed by atoms with Crippen LogP contribution in [0.3, 0.4) is 0 Å². The molecular formula is C17H38O2Si2. The van der Waals surface area contributed by atoms with Gasteiger partial charge in [-0.3, -0.25) is 0 Å². The van der Waals surface area contributed by atoms with E-state index in [1.165, 1.54) is 0 Å². The predicted octanol–water partition coefficient (Wildman–Crippen LogP) is 5.97. The van der Waals surface area contributed by atoms with E-state index in [4.69, 9.17) is 8.85 Å². The zero-order valence-electron chi connectivity index (χ0n) is 16.1. The van der Waals surface area contributed by atoms with E-state index in [0.717, 1.165) is 6.42 Å². The van der Waals surface area contributed by atoms with E-state index in [2.05, 4.69) is 74.3 Å². The van der Waals surface area contributed by atoms with Crippen molar-refractivity contribution in [1.82, 2.24) is 0 Å². The molecule has 1 atom stereocenters. The van der Waals surface area contributed by atoms with Crippen molar-refractivity contribution in [2.45, 2.75) is 90.3 Å². The van der Waals surface area contributed by atoms with Crippen molar-refractivity contribution in [2.24, 2.45) is 0 Å². The second kappa shape index (κ2) is 7.11. The Morgan fingerprint density at radius 3 is 1.67 bits per heavy atom. The van der Waals surface area contributed by atoms with Crippen LogP contribution in [0.5, 0.6) is 0 Å². The van der Waals surface area contributed by atoms with Gasteiger partial charge in [-0.05, 0) is 42.7 Å². The van der Waals surface area contributed by atoms with Gasteiger partial charge < -0.3 is 8.85 Å². The van der Waals surface area contributed by atoms with Gasteiger partial charge in [0, 0.05) is 0 Å². The molecule has 0 aliphatic rings. The molecule has 0 radical (unpaired) electrons. The Kier molecular flexibility index (Phi) is 7.14. The number of rotatable bonds is 7. The van der Waals surface area contributed by atoms with Crippen LogP contribution in [0, 0.1) is 0 Å². The number of hydrogen-bond acceptors (Lipinski definition) is 2. The molecule has 0 N–H and O–H groups in total. The summed E-state index contributed by atoms with van der Waals surface area (Å²) >= 11 is 0. The van der Waals surface area contributed by atoms with Gasteiger partial charge in [0.05, 0.1) is 12.7 Å². The van der Waals surface area contributed by atoms with E-state index >= 15 is 0 Å². The fourth-order valence-corrected chi connectivity index (χ4v) is 3.83. The average Bonchev–Trinajstić information content (AvgIpc) is 2.22. The van der Waals surface area contributed by atoms with Crippen LogP contribution >= 0.6 is 0 Å². The summed E-state index contributed by atoms with van der Waals surface area (Å²) in [5.74, 6) is 0. The third kappa shape index (κ3) is 6.39. The predicted molar refractivity (Wildman–Crippen MR) is 100 cm³/mol. The van der Waals surface area contributed by atoms with Gasteiger partial charge in [-0.2, -0.15) is 0 Å². The third-order valence-corrected chi connectivity index (χ3v) is 14.2. The Morgan fingerprint density at radius 2 is 1.33 bits per heavy atom. The monoisotopic (exact) mass is 330 g/mol. The molecule has 21 heavy (non-hydrogen) atoms. The first-order valence-corrected chi connectivity index (χ1v) is 13.9. The maximum atomic E-state index is 6.52. The molecule has 4 heteroatoms. The Balaban J connectivity index is 4.84. The minimum absolute atomic E-state index is 0.137. The largest absolute Gasteiger partial charge is 0.414 e. The van der Waals surface area contributed by atoms with Gasteiger partial charge in [-0.15, -0.1) is 6.58 Å². The van der Waals surface area contributed by atoms with Gasteiger partial charge in [-0.1, -0.05) is 47.6 Å². The van der Waals surface area contributed by atoms with Crippen molar-refractivity contribution in [2.75, 3.05) is 6.61 Å². The topological polar surface area (TPSA) is 18.5 Å². The van der Waals surface area contributed by atoms with Crippen molar-refractivity contribution in [3.63, 3.8) is 0 Å². The number of hydrogen-bond donors (Lipinski definition) is 0. The highest BCUT2D eigenvalue weighted by Gasteiger charge is 2.41. The molecule has 0 aliphatic heterocycles.